The van der Waals surface area contributed by atoms with Crippen LogP contribution in [0, 0.1) is 0 Å². The summed E-state index contributed by atoms with van der Waals surface area (Å²) in [4.78, 5) is 22.4. The Hall–Kier alpha value is -0.980. The number of methoxy groups -OCH3 is 4. The average molecular weight is 220 g/mol. The van der Waals surface area contributed by atoms with E-state index in [-0.39, 0.29) is 12.8 Å². The summed E-state index contributed by atoms with van der Waals surface area (Å²) in [6.07, 6.45) is -0.102. The molecule has 6 heteroatoms. The van der Waals surface area contributed by atoms with Gasteiger partial charge < -0.3 is 18.9 Å². The number of esters is 1. The van der Waals surface area contributed by atoms with Gasteiger partial charge >= 0.3 is 11.9 Å². The minimum Gasteiger partial charge on any atom is -0.469 e. The van der Waals surface area contributed by atoms with Gasteiger partial charge in [-0.05, 0) is 0 Å². The van der Waals surface area contributed by atoms with Gasteiger partial charge in [0.05, 0.1) is 13.5 Å². The molecule has 0 saturated carbocycles. The summed E-state index contributed by atoms with van der Waals surface area (Å²) in [6, 6.07) is 0. The molecule has 0 amide bonds. The van der Waals surface area contributed by atoms with Crippen molar-refractivity contribution in [2.24, 2.45) is 0 Å². The zero-order valence-corrected chi connectivity index (χ0v) is 9.36. The van der Waals surface area contributed by atoms with Crippen molar-refractivity contribution in [1.82, 2.24) is 0 Å². The van der Waals surface area contributed by atoms with Gasteiger partial charge in [0.25, 0.3) is 0 Å². The Morgan fingerprint density at radius 2 is 1.40 bits per heavy atom. The van der Waals surface area contributed by atoms with Crippen molar-refractivity contribution in [3.63, 3.8) is 0 Å². The molecule has 15 heavy (non-hydrogen) atoms. The first-order chi connectivity index (χ1) is 7.06. The molecule has 0 atom stereocenters. The van der Waals surface area contributed by atoms with E-state index in [1.807, 2.05) is 0 Å². The van der Waals surface area contributed by atoms with E-state index in [4.69, 9.17) is 14.2 Å². The van der Waals surface area contributed by atoms with Crippen molar-refractivity contribution >= 4 is 11.8 Å². The lowest BCUT2D eigenvalue weighted by molar-refractivity contribution is -0.325. The van der Waals surface area contributed by atoms with Crippen LogP contribution in [-0.2, 0) is 28.5 Å². The van der Waals surface area contributed by atoms with Crippen LogP contribution in [0.2, 0.25) is 0 Å². The fourth-order valence-corrected chi connectivity index (χ4v) is 1.06. The molecule has 0 aliphatic rings. The van der Waals surface area contributed by atoms with Gasteiger partial charge in [-0.15, -0.1) is 0 Å². The highest BCUT2D eigenvalue weighted by Crippen LogP contribution is 2.16. The van der Waals surface area contributed by atoms with Crippen molar-refractivity contribution in [1.29, 1.82) is 0 Å². The Bertz CT molecular complexity index is 212. The van der Waals surface area contributed by atoms with Crippen LogP contribution < -0.4 is 0 Å². The van der Waals surface area contributed by atoms with Gasteiger partial charge in [0.1, 0.15) is 0 Å². The maximum Gasteiger partial charge on any atom is 0.345 e. The van der Waals surface area contributed by atoms with E-state index in [1.54, 1.807) is 0 Å². The molecule has 6 nitrogen and oxygen atoms in total. The van der Waals surface area contributed by atoms with Crippen LogP contribution in [0.15, 0.2) is 0 Å². The molecule has 0 radical (unpaired) electrons. The van der Waals surface area contributed by atoms with Crippen LogP contribution in [-0.4, -0.2) is 46.2 Å². The maximum absolute atomic E-state index is 11.6. The molecule has 0 aromatic rings. The van der Waals surface area contributed by atoms with Gasteiger partial charge in [-0.1, -0.05) is 0 Å². The Kier molecular flexibility index (Phi) is 6.07. The Morgan fingerprint density at radius 3 is 1.73 bits per heavy atom. The Labute approximate surface area is 88.4 Å². The number of Topliss-reactive ketones (excluding diaryl/α,β-unsaturated/α-hetero) is 1. The summed E-state index contributed by atoms with van der Waals surface area (Å²) in [7, 11) is 5.10. The third kappa shape index (κ3) is 3.58. The first-order valence-corrected chi connectivity index (χ1v) is 4.31. The summed E-state index contributed by atoms with van der Waals surface area (Å²) in [5, 5.41) is 0. The highest BCUT2D eigenvalue weighted by Gasteiger charge is 2.39. The molecule has 0 rings (SSSR count). The second-order valence-electron chi connectivity index (χ2n) is 2.67. The lowest BCUT2D eigenvalue weighted by Crippen LogP contribution is -2.44. The number of ether oxygens (including phenoxy) is 4. The van der Waals surface area contributed by atoms with E-state index >= 15 is 0 Å². The number of hydrogen-bond acceptors (Lipinski definition) is 6. The standard InChI is InChI=1S/C9H16O6/c1-12-8(11)6-5-7(10)9(13-2,14-3)15-4/h5-6H2,1-4H3. The van der Waals surface area contributed by atoms with Crippen molar-refractivity contribution in [3.8, 4) is 0 Å². The molecule has 0 N–H and O–H groups in total. The van der Waals surface area contributed by atoms with Crippen LogP contribution in [0.5, 0.6) is 0 Å². The van der Waals surface area contributed by atoms with Gasteiger partial charge in [-0.2, -0.15) is 0 Å². The molecule has 0 unspecified atom stereocenters. The SMILES string of the molecule is COC(=O)CCC(=O)C(OC)(OC)OC. The number of carbonyl (C=O) groups is 2. The largest absolute Gasteiger partial charge is 0.469 e. The summed E-state index contributed by atoms with van der Waals surface area (Å²) < 4.78 is 18.9. The number of ketones is 1. The molecule has 0 spiro atoms. The molecule has 0 fully saturated rings. The van der Waals surface area contributed by atoms with Crippen LogP contribution in [0.4, 0.5) is 0 Å². The summed E-state index contributed by atoms with van der Waals surface area (Å²) in [5.74, 6) is -2.67. The molecule has 0 heterocycles. The van der Waals surface area contributed by atoms with Crippen molar-refractivity contribution in [2.75, 3.05) is 28.4 Å². The molecule has 0 aromatic heterocycles. The molecule has 0 aliphatic heterocycles. The molecule has 0 aromatic carbocycles. The fraction of sp³-hybridized carbons (Fsp3) is 0.778. The second kappa shape index (κ2) is 6.49. The predicted molar refractivity (Wildman–Crippen MR) is 50.0 cm³/mol. The van der Waals surface area contributed by atoms with Gasteiger partial charge in [0, 0.05) is 27.8 Å². The molecular formula is C9H16O6. The summed E-state index contributed by atoms with van der Waals surface area (Å²) in [5.41, 5.74) is 0. The summed E-state index contributed by atoms with van der Waals surface area (Å²) in [6.45, 7) is 0. The second-order valence-corrected chi connectivity index (χ2v) is 2.67. The number of carbonyl (C=O) groups excluding carboxylic acids is 2. The Balaban J connectivity index is 4.33. The molecule has 0 saturated heterocycles. The van der Waals surface area contributed by atoms with Crippen molar-refractivity contribution in [3.05, 3.63) is 0 Å². The first-order valence-electron chi connectivity index (χ1n) is 4.31. The van der Waals surface area contributed by atoms with E-state index in [0.717, 1.165) is 0 Å². The van der Waals surface area contributed by atoms with Gasteiger partial charge in [-0.25, -0.2) is 0 Å². The smallest absolute Gasteiger partial charge is 0.345 e. The topological polar surface area (TPSA) is 71.1 Å². The van der Waals surface area contributed by atoms with E-state index in [0.29, 0.717) is 0 Å². The monoisotopic (exact) mass is 220 g/mol. The first kappa shape index (κ1) is 14.0. The van der Waals surface area contributed by atoms with Gasteiger partial charge in [0.15, 0.2) is 0 Å². The van der Waals surface area contributed by atoms with E-state index in [9.17, 15) is 9.59 Å². The zero-order chi connectivity index (χ0) is 11.9. The predicted octanol–water partition coefficient (Wildman–Crippen LogP) is 0.102. The van der Waals surface area contributed by atoms with E-state index in [2.05, 4.69) is 4.74 Å². The maximum atomic E-state index is 11.6. The van der Waals surface area contributed by atoms with Crippen LogP contribution >= 0.6 is 0 Å². The van der Waals surface area contributed by atoms with Crippen LogP contribution in [0.3, 0.4) is 0 Å². The van der Waals surface area contributed by atoms with Gasteiger partial charge in [0.2, 0.25) is 5.78 Å². The third-order valence-electron chi connectivity index (χ3n) is 1.93. The normalized spacial score (nSPS) is 11.2. The number of rotatable bonds is 7. The third-order valence-corrected chi connectivity index (χ3v) is 1.93. The highest BCUT2D eigenvalue weighted by atomic mass is 16.9. The van der Waals surface area contributed by atoms with Gasteiger partial charge in [-0.3, -0.25) is 9.59 Å². The minimum atomic E-state index is -1.73. The van der Waals surface area contributed by atoms with E-state index < -0.39 is 17.7 Å². The molecule has 0 bridgehead atoms. The highest BCUT2D eigenvalue weighted by molar-refractivity contribution is 5.87. The lowest BCUT2D eigenvalue weighted by Gasteiger charge is -2.26. The average Bonchev–Trinajstić information content (AvgIpc) is 2.28. The zero-order valence-electron chi connectivity index (χ0n) is 9.36. The van der Waals surface area contributed by atoms with Crippen molar-refractivity contribution in [2.45, 2.75) is 18.8 Å². The molecular weight excluding hydrogens is 204 g/mol. The fourth-order valence-electron chi connectivity index (χ4n) is 1.06. The summed E-state index contributed by atoms with van der Waals surface area (Å²) >= 11 is 0. The van der Waals surface area contributed by atoms with Crippen LogP contribution in [0.25, 0.3) is 0 Å². The molecule has 0 aliphatic carbocycles. The van der Waals surface area contributed by atoms with Crippen molar-refractivity contribution < 1.29 is 28.5 Å². The molecule has 88 valence electrons. The quantitative estimate of drug-likeness (QED) is 0.447. The van der Waals surface area contributed by atoms with Crippen LogP contribution in [0.1, 0.15) is 12.8 Å². The Morgan fingerprint density at radius 1 is 0.933 bits per heavy atom. The minimum absolute atomic E-state index is 0.0346. The van der Waals surface area contributed by atoms with E-state index in [1.165, 1.54) is 28.4 Å². The lowest BCUT2D eigenvalue weighted by atomic mass is 10.2. The number of hydrogen-bond donors (Lipinski definition) is 0.